The van der Waals surface area contributed by atoms with Crippen LogP contribution in [0.15, 0.2) is 47.1 Å². The van der Waals surface area contributed by atoms with Crippen LogP contribution >= 0.6 is 0 Å². The summed E-state index contributed by atoms with van der Waals surface area (Å²) in [6.07, 6.45) is 5.55. The van der Waals surface area contributed by atoms with Crippen molar-refractivity contribution >= 4 is 5.91 Å². The van der Waals surface area contributed by atoms with Crippen molar-refractivity contribution < 1.29 is 13.6 Å². The number of hydrogen-bond donors (Lipinski definition) is 0. The van der Waals surface area contributed by atoms with Gasteiger partial charge in [0, 0.05) is 12.1 Å². The number of fused-ring (bicyclic) bond motifs is 2. The first kappa shape index (κ1) is 13.6. The minimum absolute atomic E-state index is 0.00931. The van der Waals surface area contributed by atoms with Crippen LogP contribution in [0, 0.1) is 5.82 Å². The average molecular weight is 299 g/mol. The maximum absolute atomic E-state index is 13.1. The van der Waals surface area contributed by atoms with Crippen molar-refractivity contribution in [2.75, 3.05) is 0 Å². The number of halogens is 1. The Morgan fingerprint density at radius 3 is 2.36 bits per heavy atom. The number of amides is 1. The van der Waals surface area contributed by atoms with Gasteiger partial charge in [0.15, 0.2) is 5.76 Å². The molecule has 4 rings (SSSR count). The van der Waals surface area contributed by atoms with Gasteiger partial charge in [0.25, 0.3) is 5.91 Å². The summed E-state index contributed by atoms with van der Waals surface area (Å²) in [5.41, 5.74) is 1.18. The second kappa shape index (κ2) is 5.27. The lowest BCUT2D eigenvalue weighted by Crippen LogP contribution is -2.45. The first-order chi connectivity index (χ1) is 10.7. The smallest absolute Gasteiger partial charge is 0.290 e. The van der Waals surface area contributed by atoms with Crippen molar-refractivity contribution in [3.05, 3.63) is 59.8 Å². The van der Waals surface area contributed by atoms with E-state index < -0.39 is 0 Å². The number of nitrogens with zero attached hydrogens (tertiary/aromatic N) is 1. The molecule has 1 aromatic heterocycles. The van der Waals surface area contributed by atoms with E-state index in [1.807, 2.05) is 17.0 Å². The summed E-state index contributed by atoms with van der Waals surface area (Å²) in [5, 5.41) is 0. The summed E-state index contributed by atoms with van der Waals surface area (Å²) >= 11 is 0. The SMILES string of the molecule is O=C(c1ccco1)N1[C@H]2CC[C@H]1CC(c1ccc(F)cc1)C2. The second-order valence-electron chi connectivity index (χ2n) is 6.29. The predicted octanol–water partition coefficient (Wildman–Crippen LogP) is 3.97. The lowest BCUT2D eigenvalue weighted by atomic mass is 9.85. The largest absolute Gasteiger partial charge is 0.459 e. The van der Waals surface area contributed by atoms with Crippen LogP contribution in [-0.2, 0) is 0 Å². The zero-order valence-corrected chi connectivity index (χ0v) is 12.2. The zero-order valence-electron chi connectivity index (χ0n) is 12.2. The fourth-order valence-corrected chi connectivity index (χ4v) is 4.04. The molecule has 22 heavy (non-hydrogen) atoms. The van der Waals surface area contributed by atoms with Crippen LogP contribution < -0.4 is 0 Å². The maximum atomic E-state index is 13.1. The highest BCUT2D eigenvalue weighted by atomic mass is 19.1. The highest BCUT2D eigenvalue weighted by molar-refractivity contribution is 5.92. The number of furan rings is 1. The van der Waals surface area contributed by atoms with Crippen LogP contribution in [0.3, 0.4) is 0 Å². The van der Waals surface area contributed by atoms with Gasteiger partial charge in [-0.05, 0) is 61.4 Å². The van der Waals surface area contributed by atoms with E-state index in [2.05, 4.69) is 0 Å². The predicted molar refractivity (Wildman–Crippen MR) is 80.1 cm³/mol. The van der Waals surface area contributed by atoms with Crippen molar-refractivity contribution in [1.82, 2.24) is 4.90 Å². The van der Waals surface area contributed by atoms with Crippen molar-refractivity contribution in [2.45, 2.75) is 43.7 Å². The van der Waals surface area contributed by atoms with Gasteiger partial charge < -0.3 is 9.32 Å². The number of rotatable bonds is 2. The number of benzene rings is 1. The summed E-state index contributed by atoms with van der Waals surface area (Å²) in [7, 11) is 0. The molecule has 3 nitrogen and oxygen atoms in total. The molecule has 2 aliphatic heterocycles. The highest BCUT2D eigenvalue weighted by Gasteiger charge is 2.44. The Morgan fingerprint density at radius 1 is 1.09 bits per heavy atom. The van der Waals surface area contributed by atoms with Gasteiger partial charge in [-0.15, -0.1) is 0 Å². The van der Waals surface area contributed by atoms with E-state index in [1.54, 1.807) is 18.4 Å². The van der Waals surface area contributed by atoms with Crippen molar-refractivity contribution in [3.8, 4) is 0 Å². The number of piperidine rings is 1. The molecular weight excluding hydrogens is 281 g/mol. The van der Waals surface area contributed by atoms with Crippen molar-refractivity contribution in [2.24, 2.45) is 0 Å². The molecule has 0 saturated carbocycles. The normalized spacial score (nSPS) is 27.1. The monoisotopic (exact) mass is 299 g/mol. The Balaban J connectivity index is 1.54. The molecule has 4 heteroatoms. The molecule has 0 spiro atoms. The summed E-state index contributed by atoms with van der Waals surface area (Å²) in [5.74, 6) is 0.656. The van der Waals surface area contributed by atoms with Crippen molar-refractivity contribution in [3.63, 3.8) is 0 Å². The summed E-state index contributed by atoms with van der Waals surface area (Å²) in [4.78, 5) is 14.6. The Kier molecular flexibility index (Phi) is 3.25. The molecule has 2 aromatic rings. The van der Waals surface area contributed by atoms with Gasteiger partial charge in [0.2, 0.25) is 0 Å². The summed E-state index contributed by atoms with van der Waals surface area (Å²) < 4.78 is 18.3. The lowest BCUT2D eigenvalue weighted by Gasteiger charge is -2.38. The molecule has 2 atom stereocenters. The van der Waals surface area contributed by atoms with E-state index >= 15 is 0 Å². The third-order valence-electron chi connectivity index (χ3n) is 5.04. The van der Waals surface area contributed by atoms with E-state index in [0.29, 0.717) is 11.7 Å². The maximum Gasteiger partial charge on any atom is 0.290 e. The fourth-order valence-electron chi connectivity index (χ4n) is 4.04. The Hall–Kier alpha value is -2.10. The molecule has 2 aliphatic rings. The molecule has 3 heterocycles. The molecule has 1 aromatic carbocycles. The Labute approximate surface area is 128 Å². The van der Waals surface area contributed by atoms with Gasteiger partial charge in [0.1, 0.15) is 5.82 Å². The van der Waals surface area contributed by atoms with Crippen molar-refractivity contribution in [1.29, 1.82) is 0 Å². The van der Waals surface area contributed by atoms with Crippen LogP contribution in [0.1, 0.15) is 47.7 Å². The molecule has 2 fully saturated rings. The molecule has 2 bridgehead atoms. The van der Waals surface area contributed by atoms with E-state index in [0.717, 1.165) is 25.7 Å². The van der Waals surface area contributed by atoms with E-state index in [1.165, 1.54) is 17.7 Å². The minimum Gasteiger partial charge on any atom is -0.459 e. The first-order valence-corrected chi connectivity index (χ1v) is 7.84. The third-order valence-corrected chi connectivity index (χ3v) is 5.04. The first-order valence-electron chi connectivity index (χ1n) is 7.84. The van der Waals surface area contributed by atoms with Gasteiger partial charge in [-0.25, -0.2) is 4.39 Å². The van der Waals surface area contributed by atoms with E-state index in [-0.39, 0.29) is 23.8 Å². The van der Waals surface area contributed by atoms with Gasteiger partial charge in [0.05, 0.1) is 6.26 Å². The molecule has 0 radical (unpaired) electrons. The van der Waals surface area contributed by atoms with Gasteiger partial charge >= 0.3 is 0 Å². The highest BCUT2D eigenvalue weighted by Crippen LogP contribution is 2.43. The Morgan fingerprint density at radius 2 is 1.77 bits per heavy atom. The summed E-state index contributed by atoms with van der Waals surface area (Å²) in [6.45, 7) is 0. The van der Waals surface area contributed by atoms with E-state index in [4.69, 9.17) is 4.42 Å². The molecule has 2 saturated heterocycles. The molecule has 0 unspecified atom stereocenters. The molecule has 0 N–H and O–H groups in total. The second-order valence-corrected chi connectivity index (χ2v) is 6.29. The molecule has 114 valence electrons. The number of carbonyl (C=O) groups excluding carboxylic acids is 1. The Bertz CT molecular complexity index is 651. The molecule has 1 amide bonds. The van der Waals surface area contributed by atoms with Gasteiger partial charge in [-0.1, -0.05) is 12.1 Å². The van der Waals surface area contributed by atoms with Crippen LogP contribution in [0.2, 0.25) is 0 Å². The lowest BCUT2D eigenvalue weighted by molar-refractivity contribution is 0.0539. The third kappa shape index (κ3) is 2.23. The fraction of sp³-hybridized carbons (Fsp3) is 0.389. The minimum atomic E-state index is -0.197. The van der Waals surface area contributed by atoms with Crippen LogP contribution in [0.4, 0.5) is 4.39 Å². The number of hydrogen-bond acceptors (Lipinski definition) is 2. The summed E-state index contributed by atoms with van der Waals surface area (Å²) in [6, 6.07) is 10.8. The standard InChI is InChI=1S/C18H18FNO2/c19-14-5-3-12(4-6-14)13-10-15-7-8-16(11-13)20(15)18(21)17-2-1-9-22-17/h1-6,9,13,15-16H,7-8,10-11H2/t15-,16-/m0/s1. The molecular formula is C18H18FNO2. The zero-order chi connectivity index (χ0) is 15.1. The van der Waals surface area contributed by atoms with Crippen LogP contribution in [0.25, 0.3) is 0 Å². The van der Waals surface area contributed by atoms with Gasteiger partial charge in [-0.2, -0.15) is 0 Å². The van der Waals surface area contributed by atoms with Gasteiger partial charge in [-0.3, -0.25) is 4.79 Å². The topological polar surface area (TPSA) is 33.5 Å². The van der Waals surface area contributed by atoms with Crippen LogP contribution in [0.5, 0.6) is 0 Å². The number of carbonyl (C=O) groups is 1. The quantitative estimate of drug-likeness (QED) is 0.840. The molecule has 0 aliphatic carbocycles. The van der Waals surface area contributed by atoms with E-state index in [9.17, 15) is 9.18 Å². The van der Waals surface area contributed by atoms with Crippen LogP contribution in [-0.4, -0.2) is 22.9 Å². The average Bonchev–Trinajstić information content (AvgIpc) is 3.14.